The Morgan fingerprint density at radius 2 is 2.14 bits per heavy atom. The third kappa shape index (κ3) is 8.38. The fourth-order valence-electron chi connectivity index (χ4n) is 1.09. The Labute approximate surface area is 91.2 Å². The Hall–Kier alpha value is -0.220. The highest BCUT2D eigenvalue weighted by molar-refractivity contribution is 7.98. The van der Waals surface area contributed by atoms with Crippen LogP contribution in [0, 0.1) is 5.92 Å². The first-order valence-electron chi connectivity index (χ1n) is 5.17. The molecule has 3 N–H and O–H groups in total. The molecule has 84 valence electrons. The molecule has 0 aromatic rings. The second-order valence-corrected chi connectivity index (χ2v) is 4.55. The van der Waals surface area contributed by atoms with E-state index in [1.165, 1.54) is 25.0 Å². The van der Waals surface area contributed by atoms with Gasteiger partial charge in [0.15, 0.2) is 0 Å². The molecule has 0 aliphatic carbocycles. The van der Waals surface area contributed by atoms with Crippen molar-refractivity contribution in [3.63, 3.8) is 0 Å². The van der Waals surface area contributed by atoms with E-state index in [0.29, 0.717) is 6.54 Å². The van der Waals surface area contributed by atoms with Crippen molar-refractivity contribution in [2.45, 2.75) is 26.2 Å². The van der Waals surface area contributed by atoms with Crippen LogP contribution in [0.15, 0.2) is 0 Å². The van der Waals surface area contributed by atoms with Gasteiger partial charge in [-0.2, -0.15) is 11.8 Å². The first kappa shape index (κ1) is 13.8. The van der Waals surface area contributed by atoms with Gasteiger partial charge < -0.3 is 11.1 Å². The van der Waals surface area contributed by atoms with E-state index in [9.17, 15) is 4.79 Å². The van der Waals surface area contributed by atoms with Crippen molar-refractivity contribution in [1.29, 1.82) is 0 Å². The molecule has 14 heavy (non-hydrogen) atoms. The van der Waals surface area contributed by atoms with Gasteiger partial charge in [0.25, 0.3) is 0 Å². The van der Waals surface area contributed by atoms with Gasteiger partial charge in [-0.3, -0.25) is 4.79 Å². The van der Waals surface area contributed by atoms with Crippen LogP contribution in [0.2, 0.25) is 0 Å². The monoisotopic (exact) mass is 218 g/mol. The van der Waals surface area contributed by atoms with Crippen LogP contribution in [0.1, 0.15) is 26.2 Å². The zero-order valence-corrected chi connectivity index (χ0v) is 10.0. The van der Waals surface area contributed by atoms with Crippen LogP contribution in [-0.4, -0.2) is 31.0 Å². The quantitative estimate of drug-likeness (QED) is 0.572. The first-order valence-corrected chi connectivity index (χ1v) is 6.56. The maximum Gasteiger partial charge on any atom is 0.221 e. The smallest absolute Gasteiger partial charge is 0.221 e. The van der Waals surface area contributed by atoms with Crippen LogP contribution < -0.4 is 11.1 Å². The molecule has 1 unspecified atom stereocenters. The lowest BCUT2D eigenvalue weighted by Gasteiger charge is -2.08. The summed E-state index contributed by atoms with van der Waals surface area (Å²) in [4.78, 5) is 10.7. The van der Waals surface area contributed by atoms with Crippen molar-refractivity contribution in [1.82, 2.24) is 5.32 Å². The molecule has 0 aromatic carbocycles. The summed E-state index contributed by atoms with van der Waals surface area (Å²) in [6.45, 7) is 3.55. The van der Waals surface area contributed by atoms with Crippen molar-refractivity contribution >= 4 is 17.7 Å². The maximum atomic E-state index is 10.7. The van der Waals surface area contributed by atoms with E-state index in [1.807, 2.05) is 18.7 Å². The van der Waals surface area contributed by atoms with Gasteiger partial charge in [-0.1, -0.05) is 13.3 Å². The average molecular weight is 218 g/mol. The highest BCUT2D eigenvalue weighted by atomic mass is 32.2. The van der Waals surface area contributed by atoms with E-state index in [2.05, 4.69) is 11.6 Å². The molecule has 4 heteroatoms. The van der Waals surface area contributed by atoms with Gasteiger partial charge in [0.2, 0.25) is 5.91 Å². The highest BCUT2D eigenvalue weighted by Gasteiger charge is 2.06. The molecule has 1 amide bonds. The Kier molecular flexibility index (Phi) is 9.19. The third-order valence-electron chi connectivity index (χ3n) is 2.14. The van der Waals surface area contributed by atoms with Gasteiger partial charge in [-0.25, -0.2) is 0 Å². The van der Waals surface area contributed by atoms with Crippen LogP contribution in [-0.2, 0) is 4.79 Å². The fraction of sp³-hybridized carbons (Fsp3) is 0.900. The van der Waals surface area contributed by atoms with Gasteiger partial charge in [0.05, 0.1) is 0 Å². The highest BCUT2D eigenvalue weighted by Crippen LogP contribution is 2.01. The maximum absolute atomic E-state index is 10.7. The Bertz CT molecular complexity index is 153. The standard InChI is InChI=1S/C10H22N2OS/c1-9(10(11)13)8-12-6-4-3-5-7-14-2/h9,12H,3-8H2,1-2H3,(H2,11,13). The number of hydrogen-bond acceptors (Lipinski definition) is 3. The van der Waals surface area contributed by atoms with Crippen LogP contribution in [0.4, 0.5) is 0 Å². The summed E-state index contributed by atoms with van der Waals surface area (Å²) in [6, 6.07) is 0. The summed E-state index contributed by atoms with van der Waals surface area (Å²) in [5.74, 6) is 0.971. The minimum absolute atomic E-state index is 0.0544. The van der Waals surface area contributed by atoms with E-state index < -0.39 is 0 Å². The zero-order valence-electron chi connectivity index (χ0n) is 9.21. The lowest BCUT2D eigenvalue weighted by molar-refractivity contribution is -0.121. The largest absolute Gasteiger partial charge is 0.369 e. The Morgan fingerprint density at radius 3 is 2.71 bits per heavy atom. The van der Waals surface area contributed by atoms with Crippen LogP contribution >= 0.6 is 11.8 Å². The number of thioether (sulfide) groups is 1. The SMILES string of the molecule is CSCCCCCNCC(C)C(N)=O. The summed E-state index contributed by atoms with van der Waals surface area (Å²) in [7, 11) is 0. The molecule has 0 saturated heterocycles. The fourth-order valence-corrected chi connectivity index (χ4v) is 1.59. The first-order chi connectivity index (χ1) is 6.68. The molecule has 0 fully saturated rings. The predicted molar refractivity (Wildman–Crippen MR) is 63.5 cm³/mol. The molecule has 0 aromatic heterocycles. The summed E-state index contributed by atoms with van der Waals surface area (Å²) < 4.78 is 0. The minimum atomic E-state index is -0.222. The third-order valence-corrected chi connectivity index (χ3v) is 2.84. The average Bonchev–Trinajstić information content (AvgIpc) is 2.16. The molecule has 0 radical (unpaired) electrons. The molecule has 0 aliphatic rings. The van der Waals surface area contributed by atoms with Crippen LogP contribution in [0.25, 0.3) is 0 Å². The topological polar surface area (TPSA) is 55.1 Å². The van der Waals surface area contributed by atoms with Crippen molar-refractivity contribution in [3.8, 4) is 0 Å². The van der Waals surface area contributed by atoms with Gasteiger partial charge in [0.1, 0.15) is 0 Å². The number of carbonyl (C=O) groups excluding carboxylic acids is 1. The molecule has 0 saturated carbocycles. The Balaban J connectivity index is 3.09. The van der Waals surface area contributed by atoms with E-state index in [-0.39, 0.29) is 11.8 Å². The van der Waals surface area contributed by atoms with Gasteiger partial charge in [-0.15, -0.1) is 0 Å². The number of unbranched alkanes of at least 4 members (excludes halogenated alkanes) is 2. The summed E-state index contributed by atoms with van der Waals surface area (Å²) in [6.07, 6.45) is 5.87. The van der Waals surface area contributed by atoms with Crippen molar-refractivity contribution in [3.05, 3.63) is 0 Å². The number of nitrogens with one attached hydrogen (secondary N) is 1. The molecule has 1 atom stereocenters. The molecule has 0 aliphatic heterocycles. The number of nitrogens with two attached hydrogens (primary N) is 1. The number of carbonyl (C=O) groups is 1. The normalized spacial score (nSPS) is 12.7. The van der Waals surface area contributed by atoms with Crippen molar-refractivity contribution < 1.29 is 4.79 Å². The number of primary amides is 1. The van der Waals surface area contributed by atoms with Crippen molar-refractivity contribution in [2.24, 2.45) is 11.7 Å². The molecule has 0 rings (SSSR count). The lowest BCUT2D eigenvalue weighted by Crippen LogP contribution is -2.31. The van der Waals surface area contributed by atoms with Crippen molar-refractivity contribution in [2.75, 3.05) is 25.1 Å². The minimum Gasteiger partial charge on any atom is -0.369 e. The number of rotatable bonds is 9. The van der Waals surface area contributed by atoms with Gasteiger partial charge in [-0.05, 0) is 31.4 Å². The van der Waals surface area contributed by atoms with E-state index >= 15 is 0 Å². The Morgan fingerprint density at radius 1 is 1.43 bits per heavy atom. The summed E-state index contributed by atoms with van der Waals surface area (Å²) >= 11 is 1.89. The second kappa shape index (κ2) is 9.34. The molecule has 0 bridgehead atoms. The summed E-state index contributed by atoms with van der Waals surface area (Å²) in [5, 5.41) is 3.24. The van der Waals surface area contributed by atoms with Crippen LogP contribution in [0.3, 0.4) is 0 Å². The molecular formula is C10H22N2OS. The summed E-state index contributed by atoms with van der Waals surface area (Å²) in [5.41, 5.74) is 5.13. The predicted octanol–water partition coefficient (Wildman–Crippen LogP) is 1.23. The van der Waals surface area contributed by atoms with E-state index in [4.69, 9.17) is 5.73 Å². The van der Waals surface area contributed by atoms with E-state index in [1.54, 1.807) is 0 Å². The second-order valence-electron chi connectivity index (χ2n) is 3.56. The molecule has 3 nitrogen and oxygen atoms in total. The number of hydrogen-bond donors (Lipinski definition) is 2. The zero-order chi connectivity index (χ0) is 10.8. The van der Waals surface area contributed by atoms with E-state index in [0.717, 1.165) is 6.54 Å². The number of amides is 1. The van der Waals surface area contributed by atoms with Crippen LogP contribution in [0.5, 0.6) is 0 Å². The van der Waals surface area contributed by atoms with Gasteiger partial charge >= 0.3 is 0 Å². The molecule has 0 heterocycles. The lowest BCUT2D eigenvalue weighted by atomic mass is 10.1. The van der Waals surface area contributed by atoms with Gasteiger partial charge in [0, 0.05) is 12.5 Å². The molecular weight excluding hydrogens is 196 g/mol. The molecule has 0 spiro atoms.